The first kappa shape index (κ1) is 8.32. The van der Waals surface area contributed by atoms with Gasteiger partial charge in [-0.15, -0.1) is 0 Å². The van der Waals surface area contributed by atoms with Crippen LogP contribution in [0.25, 0.3) is 0 Å². The van der Waals surface area contributed by atoms with Gasteiger partial charge in [-0.3, -0.25) is 0 Å². The molecule has 1 rings (SSSR count). The fourth-order valence-corrected chi connectivity index (χ4v) is 0.730. The summed E-state index contributed by atoms with van der Waals surface area (Å²) in [7, 11) is 0. The standard InChI is InChI=1S/C7H10N4O/c8-7(12)11-10-5-6-3-1-2-4-9-6/h1-3,5,9H,4H2,(H3,8,11,12). The van der Waals surface area contributed by atoms with E-state index in [1.807, 2.05) is 18.2 Å². The van der Waals surface area contributed by atoms with E-state index in [1.165, 1.54) is 6.21 Å². The molecule has 2 amide bonds. The van der Waals surface area contributed by atoms with Gasteiger partial charge in [0.25, 0.3) is 0 Å². The van der Waals surface area contributed by atoms with Gasteiger partial charge in [-0.25, -0.2) is 10.2 Å². The van der Waals surface area contributed by atoms with Gasteiger partial charge in [-0.1, -0.05) is 12.2 Å². The second kappa shape index (κ2) is 4.17. The van der Waals surface area contributed by atoms with E-state index in [0.717, 1.165) is 12.2 Å². The highest BCUT2D eigenvalue weighted by Gasteiger charge is 1.92. The zero-order valence-corrected chi connectivity index (χ0v) is 6.45. The quantitative estimate of drug-likeness (QED) is 0.388. The fraction of sp³-hybridized carbons (Fsp3) is 0.143. The summed E-state index contributed by atoms with van der Waals surface area (Å²) in [6, 6.07) is -0.668. The lowest BCUT2D eigenvalue weighted by molar-refractivity contribution is 0.249. The first-order valence-corrected chi connectivity index (χ1v) is 3.48. The summed E-state index contributed by atoms with van der Waals surface area (Å²) in [5, 5.41) is 6.61. The van der Waals surface area contributed by atoms with Crippen LogP contribution in [0, 0.1) is 0 Å². The minimum absolute atomic E-state index is 0.668. The number of carbonyl (C=O) groups is 1. The number of amides is 2. The van der Waals surface area contributed by atoms with Crippen LogP contribution < -0.4 is 16.5 Å². The highest BCUT2D eigenvalue weighted by Crippen LogP contribution is 1.91. The molecule has 0 spiro atoms. The van der Waals surface area contributed by atoms with E-state index in [0.29, 0.717) is 0 Å². The van der Waals surface area contributed by atoms with Crippen molar-refractivity contribution in [2.24, 2.45) is 10.8 Å². The van der Waals surface area contributed by atoms with Crippen molar-refractivity contribution in [1.29, 1.82) is 0 Å². The van der Waals surface area contributed by atoms with Crippen LogP contribution in [0.4, 0.5) is 4.79 Å². The summed E-state index contributed by atoms with van der Waals surface area (Å²) in [6.45, 7) is 0.772. The molecule has 0 aromatic rings. The Kier molecular flexibility index (Phi) is 2.89. The van der Waals surface area contributed by atoms with Gasteiger partial charge in [0.05, 0.1) is 11.9 Å². The van der Waals surface area contributed by atoms with Gasteiger partial charge in [-0.2, -0.15) is 5.10 Å². The lowest BCUT2D eigenvalue weighted by Gasteiger charge is -2.05. The predicted octanol–water partition coefficient (Wildman–Crippen LogP) is -0.316. The summed E-state index contributed by atoms with van der Waals surface area (Å²) in [5.74, 6) is 0. The number of hydrogen-bond donors (Lipinski definition) is 3. The lowest BCUT2D eigenvalue weighted by Crippen LogP contribution is -2.25. The highest BCUT2D eigenvalue weighted by atomic mass is 16.2. The van der Waals surface area contributed by atoms with Crippen LogP contribution in [0.1, 0.15) is 0 Å². The van der Waals surface area contributed by atoms with Crippen molar-refractivity contribution in [3.8, 4) is 0 Å². The van der Waals surface area contributed by atoms with E-state index in [4.69, 9.17) is 5.73 Å². The Morgan fingerprint density at radius 3 is 3.25 bits per heavy atom. The molecular formula is C7H10N4O. The molecule has 4 N–H and O–H groups in total. The maximum absolute atomic E-state index is 10.2. The third-order valence-corrected chi connectivity index (χ3v) is 1.21. The summed E-state index contributed by atoms with van der Waals surface area (Å²) < 4.78 is 0. The predicted molar refractivity (Wildman–Crippen MR) is 46.4 cm³/mol. The number of nitrogens with two attached hydrogens (primary N) is 1. The molecular weight excluding hydrogens is 156 g/mol. The number of dihydropyridines is 1. The molecule has 0 atom stereocenters. The number of primary amides is 1. The largest absolute Gasteiger partial charge is 0.380 e. The minimum atomic E-state index is -0.668. The van der Waals surface area contributed by atoms with Gasteiger partial charge in [0.2, 0.25) is 0 Å². The van der Waals surface area contributed by atoms with Gasteiger partial charge in [0.15, 0.2) is 0 Å². The van der Waals surface area contributed by atoms with E-state index in [-0.39, 0.29) is 0 Å². The van der Waals surface area contributed by atoms with Crippen LogP contribution in [0.2, 0.25) is 0 Å². The first-order valence-electron chi connectivity index (χ1n) is 3.48. The van der Waals surface area contributed by atoms with E-state index < -0.39 is 6.03 Å². The zero-order chi connectivity index (χ0) is 8.81. The first-order chi connectivity index (χ1) is 5.79. The van der Waals surface area contributed by atoms with E-state index in [2.05, 4.69) is 15.8 Å². The average Bonchev–Trinajstić information content (AvgIpc) is 2.05. The van der Waals surface area contributed by atoms with Crippen LogP contribution in [-0.2, 0) is 0 Å². The van der Waals surface area contributed by atoms with Gasteiger partial charge < -0.3 is 11.1 Å². The molecule has 0 aromatic heterocycles. The number of allylic oxidation sites excluding steroid dienone is 3. The van der Waals surface area contributed by atoms with Crippen LogP contribution in [0.3, 0.4) is 0 Å². The number of nitrogens with one attached hydrogen (secondary N) is 2. The summed E-state index contributed by atoms with van der Waals surface area (Å²) in [4.78, 5) is 10.2. The maximum atomic E-state index is 10.2. The number of hydrogen-bond acceptors (Lipinski definition) is 3. The molecule has 0 radical (unpaired) electrons. The van der Waals surface area contributed by atoms with Crippen molar-refractivity contribution in [2.75, 3.05) is 6.54 Å². The normalized spacial score (nSPS) is 15.5. The zero-order valence-electron chi connectivity index (χ0n) is 6.45. The average molecular weight is 166 g/mol. The Hall–Kier alpha value is -1.78. The lowest BCUT2D eigenvalue weighted by atomic mass is 10.3. The number of carbonyl (C=O) groups excluding carboxylic acids is 1. The SMILES string of the molecule is NC(=O)NN=CC1=CC=CCN1. The molecule has 0 fully saturated rings. The van der Waals surface area contributed by atoms with Gasteiger partial charge in [-0.05, 0) is 6.08 Å². The molecule has 0 saturated heterocycles. The second-order valence-electron chi connectivity index (χ2n) is 2.17. The van der Waals surface area contributed by atoms with Crippen LogP contribution in [0.5, 0.6) is 0 Å². The summed E-state index contributed by atoms with van der Waals surface area (Å²) in [6.07, 6.45) is 7.21. The summed E-state index contributed by atoms with van der Waals surface area (Å²) >= 11 is 0. The third kappa shape index (κ3) is 2.87. The topological polar surface area (TPSA) is 79.5 Å². The van der Waals surface area contributed by atoms with Crippen molar-refractivity contribution < 1.29 is 4.79 Å². The second-order valence-corrected chi connectivity index (χ2v) is 2.17. The van der Waals surface area contributed by atoms with E-state index in [1.54, 1.807) is 0 Å². The monoisotopic (exact) mass is 166 g/mol. The van der Waals surface area contributed by atoms with Crippen molar-refractivity contribution in [3.05, 3.63) is 23.9 Å². The third-order valence-electron chi connectivity index (χ3n) is 1.21. The maximum Gasteiger partial charge on any atom is 0.332 e. The molecule has 5 heteroatoms. The van der Waals surface area contributed by atoms with E-state index in [9.17, 15) is 4.79 Å². The Morgan fingerprint density at radius 1 is 1.83 bits per heavy atom. The molecule has 1 aliphatic heterocycles. The number of nitrogens with zero attached hydrogens (tertiary/aromatic N) is 1. The molecule has 5 nitrogen and oxygen atoms in total. The molecule has 0 aliphatic carbocycles. The molecule has 1 aliphatic rings. The Morgan fingerprint density at radius 2 is 2.67 bits per heavy atom. The van der Waals surface area contributed by atoms with Crippen molar-refractivity contribution in [1.82, 2.24) is 10.7 Å². The molecule has 0 bridgehead atoms. The van der Waals surface area contributed by atoms with E-state index >= 15 is 0 Å². The van der Waals surface area contributed by atoms with Gasteiger partial charge >= 0.3 is 6.03 Å². The molecule has 1 heterocycles. The Bertz CT molecular complexity index is 254. The fourth-order valence-electron chi connectivity index (χ4n) is 0.730. The van der Waals surface area contributed by atoms with Gasteiger partial charge in [0.1, 0.15) is 0 Å². The molecule has 64 valence electrons. The Labute approximate surface area is 70.0 Å². The van der Waals surface area contributed by atoms with Crippen LogP contribution in [0.15, 0.2) is 29.0 Å². The molecule has 0 aromatic carbocycles. The van der Waals surface area contributed by atoms with Gasteiger partial charge in [0, 0.05) is 6.54 Å². The van der Waals surface area contributed by atoms with Crippen molar-refractivity contribution >= 4 is 12.2 Å². The van der Waals surface area contributed by atoms with Crippen molar-refractivity contribution in [3.63, 3.8) is 0 Å². The highest BCUT2D eigenvalue weighted by molar-refractivity contribution is 5.80. The number of urea groups is 1. The molecule has 0 saturated carbocycles. The Balaban J connectivity index is 2.39. The number of rotatable bonds is 2. The van der Waals surface area contributed by atoms with Crippen LogP contribution in [-0.4, -0.2) is 18.8 Å². The summed E-state index contributed by atoms with van der Waals surface area (Å²) in [5.41, 5.74) is 7.73. The smallest absolute Gasteiger partial charge is 0.332 e. The molecule has 0 unspecified atom stereocenters. The van der Waals surface area contributed by atoms with Crippen LogP contribution >= 0.6 is 0 Å². The van der Waals surface area contributed by atoms with Crippen molar-refractivity contribution in [2.45, 2.75) is 0 Å². The minimum Gasteiger partial charge on any atom is -0.380 e. The molecule has 12 heavy (non-hydrogen) atoms. The number of hydrazone groups is 1.